The largest absolute Gasteiger partial charge is 0.505 e. The standard InChI is InChI=1S/C46H38B3NO2S/c1-45(2)34-19-10-11-22-37(34)53-44-35(45)20-12-21-36(44)50(41-39(48)38(47)40(49)42(51)43(41)52)29-25-23-28(24-26-29)46(27-13-4-3-5-14-27)32-17-8-6-15-30(32)31-16-7-9-18-33(31)46/h3-26,51-52H,47-49H2,1-2H3. The van der Waals surface area contributed by atoms with Gasteiger partial charge in [-0.2, -0.15) is 0 Å². The van der Waals surface area contributed by atoms with Gasteiger partial charge in [0.2, 0.25) is 0 Å². The molecule has 0 saturated heterocycles. The third-order valence-corrected chi connectivity index (χ3v) is 13.1. The first kappa shape index (κ1) is 33.3. The molecule has 0 unspecified atom stereocenters. The van der Waals surface area contributed by atoms with Gasteiger partial charge in [-0.15, -0.1) is 0 Å². The Morgan fingerprint density at radius 1 is 0.509 bits per heavy atom. The van der Waals surface area contributed by atoms with E-state index in [-0.39, 0.29) is 16.9 Å². The van der Waals surface area contributed by atoms with Crippen LogP contribution in [0.25, 0.3) is 11.1 Å². The van der Waals surface area contributed by atoms with Crippen LogP contribution in [0.2, 0.25) is 0 Å². The van der Waals surface area contributed by atoms with Crippen molar-refractivity contribution in [3.05, 3.63) is 179 Å². The predicted molar refractivity (Wildman–Crippen MR) is 229 cm³/mol. The molecule has 2 N–H and O–H groups in total. The molecule has 7 aromatic carbocycles. The second-order valence-electron chi connectivity index (χ2n) is 14.9. The van der Waals surface area contributed by atoms with Crippen LogP contribution in [0, 0.1) is 0 Å². The fourth-order valence-corrected chi connectivity index (χ4v) is 10.5. The number of phenolic OH excluding ortho intramolecular Hbond substituents is 2. The molecule has 0 saturated carbocycles. The highest BCUT2D eigenvalue weighted by molar-refractivity contribution is 7.99. The van der Waals surface area contributed by atoms with Gasteiger partial charge in [0.05, 0.1) is 16.8 Å². The van der Waals surface area contributed by atoms with Gasteiger partial charge in [0.15, 0.2) is 11.5 Å². The van der Waals surface area contributed by atoms with Crippen LogP contribution in [0.15, 0.2) is 155 Å². The second kappa shape index (κ2) is 12.3. The Morgan fingerprint density at radius 2 is 1.06 bits per heavy atom. The summed E-state index contributed by atoms with van der Waals surface area (Å²) in [4.78, 5) is 4.51. The molecule has 0 aromatic heterocycles. The minimum absolute atomic E-state index is 0.0879. The topological polar surface area (TPSA) is 43.7 Å². The summed E-state index contributed by atoms with van der Waals surface area (Å²) in [5, 5.41) is 23.2. The van der Waals surface area contributed by atoms with E-state index in [0.29, 0.717) is 11.2 Å². The van der Waals surface area contributed by atoms with E-state index >= 15 is 0 Å². The lowest BCUT2D eigenvalue weighted by Gasteiger charge is -2.38. The Kier molecular flexibility index (Phi) is 7.72. The smallest absolute Gasteiger partial charge is 0.180 e. The van der Waals surface area contributed by atoms with Crippen LogP contribution in [-0.4, -0.2) is 33.8 Å². The molecule has 1 aliphatic carbocycles. The van der Waals surface area contributed by atoms with Crippen molar-refractivity contribution in [1.29, 1.82) is 0 Å². The minimum Gasteiger partial charge on any atom is -0.505 e. The lowest BCUT2D eigenvalue weighted by molar-refractivity contribution is 0.408. The molecule has 0 amide bonds. The number of phenols is 2. The van der Waals surface area contributed by atoms with Crippen molar-refractivity contribution in [2.75, 3.05) is 4.90 Å². The van der Waals surface area contributed by atoms with Crippen molar-refractivity contribution >= 4 is 68.8 Å². The fraction of sp³-hybridized carbons (Fsp3) is 0.0870. The molecular formula is C46H38B3NO2S. The Balaban J connectivity index is 1.30. The number of anilines is 3. The summed E-state index contributed by atoms with van der Waals surface area (Å²) in [5.74, 6) is -0.206. The third kappa shape index (κ3) is 4.73. The SMILES string of the molecule is Bc1c(B)c(O)c(O)c(N(c2ccc(C3(c4ccccc4)c4ccccc4-c4ccccc43)cc2)c2cccc3c2Sc2ccccc2C3(C)C)c1B. The molecule has 1 heterocycles. The van der Waals surface area contributed by atoms with Gasteiger partial charge in [-0.05, 0) is 68.8 Å². The highest BCUT2D eigenvalue weighted by Crippen LogP contribution is 2.57. The number of benzene rings is 7. The van der Waals surface area contributed by atoms with Gasteiger partial charge in [0, 0.05) is 20.9 Å². The van der Waals surface area contributed by atoms with Crippen molar-refractivity contribution in [2.45, 2.75) is 34.5 Å². The van der Waals surface area contributed by atoms with E-state index in [9.17, 15) is 10.2 Å². The number of nitrogens with zero attached hydrogens (tertiary/aromatic N) is 1. The quantitative estimate of drug-likeness (QED) is 0.159. The molecule has 0 spiro atoms. The highest BCUT2D eigenvalue weighted by atomic mass is 32.2. The van der Waals surface area contributed by atoms with Crippen LogP contribution in [-0.2, 0) is 10.8 Å². The zero-order valence-electron chi connectivity index (χ0n) is 30.6. The lowest BCUT2D eigenvalue weighted by Crippen LogP contribution is -2.41. The maximum absolute atomic E-state index is 11.9. The molecule has 7 aromatic rings. The van der Waals surface area contributed by atoms with E-state index in [1.54, 1.807) is 11.8 Å². The Bertz CT molecular complexity index is 2510. The minimum atomic E-state index is -0.524. The summed E-state index contributed by atoms with van der Waals surface area (Å²) in [6.45, 7) is 4.58. The number of rotatable bonds is 5. The molecular weight excluding hydrogens is 663 g/mol. The van der Waals surface area contributed by atoms with Gasteiger partial charge in [-0.1, -0.05) is 163 Å². The molecule has 1 aliphatic heterocycles. The lowest BCUT2D eigenvalue weighted by atomic mass is 9.67. The van der Waals surface area contributed by atoms with Crippen molar-refractivity contribution in [2.24, 2.45) is 0 Å². The van der Waals surface area contributed by atoms with E-state index in [4.69, 9.17) is 0 Å². The molecule has 9 rings (SSSR count). The van der Waals surface area contributed by atoms with Gasteiger partial charge in [0.25, 0.3) is 0 Å². The Labute approximate surface area is 318 Å². The van der Waals surface area contributed by atoms with Crippen LogP contribution in [0.4, 0.5) is 17.1 Å². The number of hydrogen-bond acceptors (Lipinski definition) is 4. The van der Waals surface area contributed by atoms with Gasteiger partial charge < -0.3 is 15.1 Å². The zero-order valence-corrected chi connectivity index (χ0v) is 31.4. The van der Waals surface area contributed by atoms with Crippen LogP contribution >= 0.6 is 11.8 Å². The van der Waals surface area contributed by atoms with Gasteiger partial charge >= 0.3 is 0 Å². The second-order valence-corrected chi connectivity index (χ2v) is 15.9. The highest BCUT2D eigenvalue weighted by Gasteiger charge is 2.46. The summed E-state index contributed by atoms with van der Waals surface area (Å²) in [7, 11) is 5.92. The molecule has 0 atom stereocenters. The van der Waals surface area contributed by atoms with Gasteiger partial charge in [-0.3, -0.25) is 0 Å². The average molecular weight is 701 g/mol. The van der Waals surface area contributed by atoms with E-state index in [1.807, 2.05) is 23.5 Å². The average Bonchev–Trinajstić information content (AvgIpc) is 3.50. The molecule has 2 aliphatic rings. The number of fused-ring (bicyclic) bond motifs is 5. The van der Waals surface area contributed by atoms with Crippen LogP contribution in [0.5, 0.6) is 11.5 Å². The predicted octanol–water partition coefficient (Wildman–Crippen LogP) is 6.50. The Hall–Kier alpha value is -5.52. The first-order valence-electron chi connectivity index (χ1n) is 18.2. The molecule has 3 nitrogen and oxygen atoms in total. The normalized spacial score (nSPS) is 14.5. The maximum Gasteiger partial charge on any atom is 0.180 e. The van der Waals surface area contributed by atoms with Gasteiger partial charge in [-0.25, -0.2) is 0 Å². The van der Waals surface area contributed by atoms with Crippen molar-refractivity contribution in [3.63, 3.8) is 0 Å². The summed E-state index contributed by atoms with van der Waals surface area (Å²) in [6.07, 6.45) is 0. The first-order valence-corrected chi connectivity index (χ1v) is 19.1. The van der Waals surface area contributed by atoms with Gasteiger partial charge in [0.1, 0.15) is 23.5 Å². The summed E-state index contributed by atoms with van der Waals surface area (Å²) in [6, 6.07) is 52.4. The maximum atomic E-state index is 11.9. The Morgan fingerprint density at radius 3 is 1.72 bits per heavy atom. The van der Waals surface area contributed by atoms with Crippen LogP contribution in [0.1, 0.15) is 47.2 Å². The summed E-state index contributed by atoms with van der Waals surface area (Å²) in [5.41, 5.74) is 14.1. The van der Waals surface area contributed by atoms with Crippen LogP contribution in [0.3, 0.4) is 0 Å². The number of hydrogen-bond donors (Lipinski definition) is 2. The summed E-state index contributed by atoms with van der Waals surface area (Å²) < 4.78 is 0. The molecule has 53 heavy (non-hydrogen) atoms. The van der Waals surface area contributed by atoms with E-state index < -0.39 is 5.41 Å². The van der Waals surface area contributed by atoms with E-state index in [2.05, 4.69) is 164 Å². The van der Waals surface area contributed by atoms with E-state index in [0.717, 1.165) is 32.8 Å². The monoisotopic (exact) mass is 701 g/mol. The molecule has 0 radical (unpaired) electrons. The van der Waals surface area contributed by atoms with Crippen molar-refractivity contribution in [1.82, 2.24) is 0 Å². The molecule has 0 bridgehead atoms. The third-order valence-electron chi connectivity index (χ3n) is 11.9. The van der Waals surface area contributed by atoms with Crippen molar-refractivity contribution < 1.29 is 10.2 Å². The fourth-order valence-electron chi connectivity index (χ4n) is 8.97. The zero-order chi connectivity index (χ0) is 36.6. The van der Waals surface area contributed by atoms with E-state index in [1.165, 1.54) is 43.8 Å². The number of aromatic hydroxyl groups is 2. The molecule has 254 valence electrons. The molecule has 7 heteroatoms. The van der Waals surface area contributed by atoms with Crippen molar-refractivity contribution in [3.8, 4) is 22.6 Å². The van der Waals surface area contributed by atoms with Crippen LogP contribution < -0.4 is 21.3 Å². The molecule has 0 fully saturated rings. The first-order chi connectivity index (χ1) is 25.7. The summed E-state index contributed by atoms with van der Waals surface area (Å²) >= 11 is 1.77.